The summed E-state index contributed by atoms with van der Waals surface area (Å²) in [7, 11) is 0. The van der Waals surface area contributed by atoms with E-state index in [0.717, 1.165) is 45.5 Å². The Labute approximate surface area is 121 Å². The van der Waals surface area contributed by atoms with Crippen LogP contribution in [-0.4, -0.2) is 37.5 Å². The van der Waals surface area contributed by atoms with Crippen molar-refractivity contribution >= 4 is 0 Å². The standard InChI is InChI=1S/C17H25NO2/c1-14(11-15-5-3-2-4-6-15)18-16-7-9-20-17(12-16)8-10-19-13-17/h2-6,14,16,18H,7-13H2,1H3. The molecule has 0 radical (unpaired) electrons. The quantitative estimate of drug-likeness (QED) is 0.916. The molecule has 1 spiro atoms. The summed E-state index contributed by atoms with van der Waals surface area (Å²) in [4.78, 5) is 0. The Balaban J connectivity index is 1.52. The lowest BCUT2D eigenvalue weighted by atomic mass is 9.89. The molecule has 2 fully saturated rings. The van der Waals surface area contributed by atoms with Crippen molar-refractivity contribution in [2.75, 3.05) is 19.8 Å². The molecular weight excluding hydrogens is 250 g/mol. The van der Waals surface area contributed by atoms with E-state index in [1.807, 2.05) is 0 Å². The fourth-order valence-electron chi connectivity index (χ4n) is 3.46. The fraction of sp³-hybridized carbons (Fsp3) is 0.647. The SMILES string of the molecule is CC(Cc1ccccc1)NC1CCOC2(CCOC2)C1. The molecule has 2 aliphatic rings. The van der Waals surface area contributed by atoms with E-state index >= 15 is 0 Å². The number of rotatable bonds is 4. The summed E-state index contributed by atoms with van der Waals surface area (Å²) in [5.74, 6) is 0. The van der Waals surface area contributed by atoms with Gasteiger partial charge in [-0.3, -0.25) is 0 Å². The Morgan fingerprint density at radius 3 is 2.90 bits per heavy atom. The van der Waals surface area contributed by atoms with Crippen molar-refractivity contribution in [1.82, 2.24) is 5.32 Å². The number of nitrogens with one attached hydrogen (secondary N) is 1. The van der Waals surface area contributed by atoms with E-state index < -0.39 is 0 Å². The van der Waals surface area contributed by atoms with Gasteiger partial charge < -0.3 is 14.8 Å². The third-order valence-electron chi connectivity index (χ3n) is 4.47. The molecule has 0 saturated carbocycles. The highest BCUT2D eigenvalue weighted by molar-refractivity contribution is 5.15. The van der Waals surface area contributed by atoms with E-state index in [4.69, 9.17) is 9.47 Å². The minimum atomic E-state index is 0.00236. The van der Waals surface area contributed by atoms with Crippen molar-refractivity contribution in [2.45, 2.75) is 50.3 Å². The van der Waals surface area contributed by atoms with Crippen molar-refractivity contribution in [3.63, 3.8) is 0 Å². The monoisotopic (exact) mass is 275 g/mol. The molecule has 3 heteroatoms. The molecule has 3 nitrogen and oxygen atoms in total. The zero-order chi connectivity index (χ0) is 13.8. The summed E-state index contributed by atoms with van der Waals surface area (Å²) in [5.41, 5.74) is 1.40. The van der Waals surface area contributed by atoms with Gasteiger partial charge in [-0.15, -0.1) is 0 Å². The first-order valence-corrected chi connectivity index (χ1v) is 7.77. The topological polar surface area (TPSA) is 30.5 Å². The van der Waals surface area contributed by atoms with Gasteiger partial charge in [-0.05, 0) is 31.7 Å². The molecule has 2 saturated heterocycles. The number of benzene rings is 1. The maximum atomic E-state index is 5.99. The molecule has 0 aromatic heterocycles. The average Bonchev–Trinajstić information content (AvgIpc) is 2.87. The van der Waals surface area contributed by atoms with Gasteiger partial charge in [-0.1, -0.05) is 30.3 Å². The largest absolute Gasteiger partial charge is 0.378 e. The fourth-order valence-corrected chi connectivity index (χ4v) is 3.46. The summed E-state index contributed by atoms with van der Waals surface area (Å²) in [6, 6.07) is 11.8. The van der Waals surface area contributed by atoms with E-state index in [1.54, 1.807) is 0 Å². The van der Waals surface area contributed by atoms with E-state index in [9.17, 15) is 0 Å². The highest BCUT2D eigenvalue weighted by Gasteiger charge is 2.41. The third kappa shape index (κ3) is 3.40. The van der Waals surface area contributed by atoms with Gasteiger partial charge in [0.2, 0.25) is 0 Å². The molecule has 2 aliphatic heterocycles. The van der Waals surface area contributed by atoms with Crippen molar-refractivity contribution in [3.8, 4) is 0 Å². The number of ether oxygens (including phenoxy) is 2. The van der Waals surface area contributed by atoms with Gasteiger partial charge in [-0.25, -0.2) is 0 Å². The smallest absolute Gasteiger partial charge is 0.0951 e. The third-order valence-corrected chi connectivity index (χ3v) is 4.47. The highest BCUT2D eigenvalue weighted by Crippen LogP contribution is 2.33. The summed E-state index contributed by atoms with van der Waals surface area (Å²) < 4.78 is 11.5. The second kappa shape index (κ2) is 6.25. The highest BCUT2D eigenvalue weighted by atomic mass is 16.6. The average molecular weight is 275 g/mol. The summed E-state index contributed by atoms with van der Waals surface area (Å²) >= 11 is 0. The van der Waals surface area contributed by atoms with E-state index in [1.165, 1.54) is 5.56 Å². The van der Waals surface area contributed by atoms with Gasteiger partial charge in [0.15, 0.2) is 0 Å². The molecule has 20 heavy (non-hydrogen) atoms. The molecule has 2 heterocycles. The van der Waals surface area contributed by atoms with E-state index in [-0.39, 0.29) is 5.60 Å². The molecule has 3 rings (SSSR count). The van der Waals surface area contributed by atoms with Crippen molar-refractivity contribution in [2.24, 2.45) is 0 Å². The zero-order valence-corrected chi connectivity index (χ0v) is 12.3. The molecule has 1 N–H and O–H groups in total. The first kappa shape index (κ1) is 14.1. The van der Waals surface area contributed by atoms with Crippen molar-refractivity contribution in [3.05, 3.63) is 35.9 Å². The molecule has 3 atom stereocenters. The molecule has 3 unspecified atom stereocenters. The lowest BCUT2D eigenvalue weighted by Crippen LogP contribution is -2.49. The normalized spacial score (nSPS) is 31.6. The Bertz CT molecular complexity index is 414. The van der Waals surface area contributed by atoms with E-state index in [2.05, 4.69) is 42.6 Å². The minimum Gasteiger partial charge on any atom is -0.378 e. The molecule has 110 valence electrons. The predicted molar refractivity (Wildman–Crippen MR) is 79.9 cm³/mol. The molecular formula is C17H25NO2. The minimum absolute atomic E-state index is 0.00236. The molecule has 1 aromatic carbocycles. The second-order valence-electron chi connectivity index (χ2n) is 6.28. The van der Waals surface area contributed by atoms with Crippen molar-refractivity contribution in [1.29, 1.82) is 0 Å². The number of hydrogen-bond acceptors (Lipinski definition) is 3. The van der Waals surface area contributed by atoms with Crippen LogP contribution in [-0.2, 0) is 15.9 Å². The van der Waals surface area contributed by atoms with Crippen LogP contribution in [0.2, 0.25) is 0 Å². The first-order valence-electron chi connectivity index (χ1n) is 7.77. The zero-order valence-electron chi connectivity index (χ0n) is 12.3. The Morgan fingerprint density at radius 2 is 2.15 bits per heavy atom. The van der Waals surface area contributed by atoms with Gasteiger partial charge in [0.25, 0.3) is 0 Å². The Morgan fingerprint density at radius 1 is 1.30 bits per heavy atom. The van der Waals surface area contributed by atoms with Crippen LogP contribution in [0.1, 0.15) is 31.7 Å². The summed E-state index contributed by atoms with van der Waals surface area (Å²) in [6.07, 6.45) is 4.34. The van der Waals surface area contributed by atoms with Crippen LogP contribution in [0.5, 0.6) is 0 Å². The molecule has 1 aromatic rings. The molecule has 0 amide bonds. The van der Waals surface area contributed by atoms with Crippen LogP contribution in [0.4, 0.5) is 0 Å². The van der Waals surface area contributed by atoms with Crippen LogP contribution in [0, 0.1) is 0 Å². The molecule has 0 aliphatic carbocycles. The van der Waals surface area contributed by atoms with Gasteiger partial charge in [0, 0.05) is 31.7 Å². The summed E-state index contributed by atoms with van der Waals surface area (Å²) in [6.45, 7) is 4.77. The van der Waals surface area contributed by atoms with Crippen LogP contribution < -0.4 is 5.32 Å². The van der Waals surface area contributed by atoms with Crippen molar-refractivity contribution < 1.29 is 9.47 Å². The van der Waals surface area contributed by atoms with Crippen LogP contribution in [0.3, 0.4) is 0 Å². The Hall–Kier alpha value is -0.900. The first-order chi connectivity index (χ1) is 9.76. The van der Waals surface area contributed by atoms with Crippen LogP contribution in [0.15, 0.2) is 30.3 Å². The maximum Gasteiger partial charge on any atom is 0.0951 e. The van der Waals surface area contributed by atoms with Gasteiger partial charge in [0.05, 0.1) is 12.2 Å². The van der Waals surface area contributed by atoms with Gasteiger partial charge in [-0.2, -0.15) is 0 Å². The lowest BCUT2D eigenvalue weighted by molar-refractivity contribution is -0.0901. The predicted octanol–water partition coefficient (Wildman–Crippen LogP) is 2.55. The molecule has 0 bridgehead atoms. The van der Waals surface area contributed by atoms with E-state index in [0.29, 0.717) is 12.1 Å². The van der Waals surface area contributed by atoms with Gasteiger partial charge >= 0.3 is 0 Å². The maximum absolute atomic E-state index is 5.99. The van der Waals surface area contributed by atoms with Gasteiger partial charge in [0.1, 0.15) is 0 Å². The Kier molecular flexibility index (Phi) is 4.39. The van der Waals surface area contributed by atoms with Crippen LogP contribution >= 0.6 is 0 Å². The summed E-state index contributed by atoms with van der Waals surface area (Å²) in [5, 5.41) is 3.78. The second-order valence-corrected chi connectivity index (χ2v) is 6.28. The lowest BCUT2D eigenvalue weighted by Gasteiger charge is -2.38. The number of hydrogen-bond donors (Lipinski definition) is 1. The van der Waals surface area contributed by atoms with Crippen LogP contribution in [0.25, 0.3) is 0 Å².